The Morgan fingerprint density at radius 2 is 2.00 bits per heavy atom. The van der Waals surface area contributed by atoms with Crippen LogP contribution in [-0.4, -0.2) is 20.7 Å². The number of nitrogens with one attached hydrogen (secondary N) is 1. The van der Waals surface area contributed by atoms with Crippen LogP contribution in [0.25, 0.3) is 0 Å². The zero-order chi connectivity index (χ0) is 20.6. The second-order valence-corrected chi connectivity index (χ2v) is 8.98. The van der Waals surface area contributed by atoms with Gasteiger partial charge in [-0.05, 0) is 48.2 Å². The molecule has 4 nitrogen and oxygen atoms in total. The van der Waals surface area contributed by atoms with E-state index in [0.29, 0.717) is 10.3 Å². The van der Waals surface area contributed by atoms with Gasteiger partial charge in [0.1, 0.15) is 0 Å². The van der Waals surface area contributed by atoms with Crippen LogP contribution in [0.15, 0.2) is 61.2 Å². The zero-order valence-electron chi connectivity index (χ0n) is 16.1. The number of carbonyl (C=O) groups is 1. The third-order valence-corrected chi connectivity index (χ3v) is 6.43. The van der Waals surface area contributed by atoms with Crippen molar-refractivity contribution >= 4 is 46.6 Å². The Bertz CT molecular complexity index is 930. The Morgan fingerprint density at radius 1 is 1.21 bits per heavy atom. The van der Waals surface area contributed by atoms with Crippen molar-refractivity contribution in [3.05, 3.63) is 82.4 Å². The summed E-state index contributed by atoms with van der Waals surface area (Å²) < 4.78 is 2.11. The van der Waals surface area contributed by atoms with Crippen LogP contribution >= 0.6 is 35.0 Å². The highest BCUT2D eigenvalue weighted by Gasteiger charge is 2.13. The van der Waals surface area contributed by atoms with Gasteiger partial charge in [-0.3, -0.25) is 4.79 Å². The van der Waals surface area contributed by atoms with Crippen LogP contribution < -0.4 is 5.32 Å². The first-order valence-electron chi connectivity index (χ1n) is 9.37. The summed E-state index contributed by atoms with van der Waals surface area (Å²) in [5.41, 5.74) is 3.16. The summed E-state index contributed by atoms with van der Waals surface area (Å²) in [6, 6.07) is 13.7. The largest absolute Gasteiger partial charge is 0.336 e. The molecule has 3 rings (SSSR count). The van der Waals surface area contributed by atoms with E-state index in [-0.39, 0.29) is 5.91 Å². The highest BCUT2D eigenvalue weighted by molar-refractivity contribution is 7.99. The fraction of sp³-hybridized carbons (Fsp3) is 0.273. The standard InChI is InChI=1S/C22H23Cl2N3OS/c1-16(28)26-20-7-2-17(3-8-20)14-29-21(13-27-11-10-25-15-27)9-5-18-4-6-19(23)12-22(18)24/h2-4,6-8,10-12,15,21H,5,9,13-14H2,1H3,(H,26,28). The van der Waals surface area contributed by atoms with E-state index in [0.717, 1.165) is 41.4 Å². The van der Waals surface area contributed by atoms with Crippen molar-refractivity contribution in [2.24, 2.45) is 0 Å². The minimum Gasteiger partial charge on any atom is -0.336 e. The summed E-state index contributed by atoms with van der Waals surface area (Å²) in [6.07, 6.45) is 7.53. The van der Waals surface area contributed by atoms with Crippen molar-refractivity contribution in [1.82, 2.24) is 9.55 Å². The Morgan fingerprint density at radius 3 is 2.66 bits per heavy atom. The molecule has 1 aromatic heterocycles. The van der Waals surface area contributed by atoms with Crippen LogP contribution in [0.3, 0.4) is 0 Å². The van der Waals surface area contributed by atoms with Gasteiger partial charge >= 0.3 is 0 Å². The Kier molecular flexibility index (Phi) is 8.04. The van der Waals surface area contributed by atoms with Crippen molar-refractivity contribution in [2.75, 3.05) is 5.32 Å². The van der Waals surface area contributed by atoms with E-state index in [1.807, 2.05) is 48.6 Å². The van der Waals surface area contributed by atoms with Gasteiger partial charge in [-0.15, -0.1) is 0 Å². The van der Waals surface area contributed by atoms with E-state index in [4.69, 9.17) is 23.2 Å². The zero-order valence-corrected chi connectivity index (χ0v) is 18.5. The Hall–Kier alpha value is -1.95. The number of amides is 1. The summed E-state index contributed by atoms with van der Waals surface area (Å²) in [6.45, 7) is 2.40. The fourth-order valence-electron chi connectivity index (χ4n) is 3.00. The molecule has 1 unspecified atom stereocenters. The lowest BCUT2D eigenvalue weighted by Gasteiger charge is -2.18. The third-order valence-electron chi connectivity index (χ3n) is 4.48. The molecule has 0 saturated heterocycles. The second-order valence-electron chi connectivity index (χ2n) is 6.85. The van der Waals surface area contributed by atoms with E-state index >= 15 is 0 Å². The molecule has 3 aromatic rings. The topological polar surface area (TPSA) is 46.9 Å². The summed E-state index contributed by atoms with van der Waals surface area (Å²) in [7, 11) is 0. The Labute approximate surface area is 185 Å². The molecule has 0 aliphatic carbocycles. The monoisotopic (exact) mass is 447 g/mol. The van der Waals surface area contributed by atoms with Crippen LogP contribution in [0.5, 0.6) is 0 Å². The van der Waals surface area contributed by atoms with Crippen molar-refractivity contribution < 1.29 is 4.79 Å². The van der Waals surface area contributed by atoms with Gasteiger partial charge in [0.2, 0.25) is 5.91 Å². The molecule has 0 bridgehead atoms. The van der Waals surface area contributed by atoms with Crippen molar-refractivity contribution in [1.29, 1.82) is 0 Å². The number of aryl methyl sites for hydroxylation is 1. The maximum absolute atomic E-state index is 11.2. The van der Waals surface area contributed by atoms with Gasteiger partial charge in [0.25, 0.3) is 0 Å². The molecule has 7 heteroatoms. The minimum absolute atomic E-state index is 0.0617. The van der Waals surface area contributed by atoms with Gasteiger partial charge in [-0.1, -0.05) is 41.4 Å². The van der Waals surface area contributed by atoms with E-state index in [9.17, 15) is 4.79 Å². The van der Waals surface area contributed by atoms with E-state index < -0.39 is 0 Å². The normalized spacial score (nSPS) is 12.0. The number of anilines is 1. The quantitative estimate of drug-likeness (QED) is 0.431. The fourth-order valence-corrected chi connectivity index (χ4v) is 4.69. The number of halogens is 2. The number of rotatable bonds is 9. The predicted octanol–water partition coefficient (Wildman–Crippen LogP) is 6.08. The molecule has 29 heavy (non-hydrogen) atoms. The number of hydrogen-bond donors (Lipinski definition) is 1. The molecule has 0 radical (unpaired) electrons. The first kappa shape index (κ1) is 21.8. The highest BCUT2D eigenvalue weighted by atomic mass is 35.5. The number of imidazole rings is 1. The first-order chi connectivity index (χ1) is 14.0. The molecule has 1 amide bonds. The molecule has 1 atom stereocenters. The summed E-state index contributed by atoms with van der Waals surface area (Å²) in [4.78, 5) is 15.3. The molecular weight excluding hydrogens is 425 g/mol. The first-order valence-corrected chi connectivity index (χ1v) is 11.2. The predicted molar refractivity (Wildman–Crippen MR) is 123 cm³/mol. The van der Waals surface area contributed by atoms with Crippen LogP contribution in [0.2, 0.25) is 10.0 Å². The smallest absolute Gasteiger partial charge is 0.221 e. The number of hydrogen-bond acceptors (Lipinski definition) is 3. The van der Waals surface area contributed by atoms with Crippen molar-refractivity contribution in [3.63, 3.8) is 0 Å². The summed E-state index contributed by atoms with van der Waals surface area (Å²) in [5, 5.41) is 4.58. The van der Waals surface area contributed by atoms with Crippen molar-refractivity contribution in [2.45, 2.75) is 37.3 Å². The summed E-state index contributed by atoms with van der Waals surface area (Å²) >= 11 is 14.3. The van der Waals surface area contributed by atoms with E-state index in [1.165, 1.54) is 12.5 Å². The van der Waals surface area contributed by atoms with Gasteiger partial charge in [-0.2, -0.15) is 11.8 Å². The van der Waals surface area contributed by atoms with Crippen molar-refractivity contribution in [3.8, 4) is 0 Å². The lowest BCUT2D eigenvalue weighted by Crippen LogP contribution is -2.13. The van der Waals surface area contributed by atoms with Gasteiger partial charge in [-0.25, -0.2) is 4.98 Å². The van der Waals surface area contributed by atoms with E-state index in [2.05, 4.69) is 27.0 Å². The minimum atomic E-state index is -0.0617. The van der Waals surface area contributed by atoms with Crippen LogP contribution in [0, 0.1) is 0 Å². The van der Waals surface area contributed by atoms with Crippen LogP contribution in [0.1, 0.15) is 24.5 Å². The molecule has 2 aromatic carbocycles. The van der Waals surface area contributed by atoms with Crippen LogP contribution in [-0.2, 0) is 23.5 Å². The molecule has 0 aliphatic heterocycles. The molecule has 152 valence electrons. The molecule has 1 N–H and O–H groups in total. The molecule has 1 heterocycles. The lowest BCUT2D eigenvalue weighted by molar-refractivity contribution is -0.114. The number of aromatic nitrogens is 2. The Balaban J connectivity index is 1.61. The lowest BCUT2D eigenvalue weighted by atomic mass is 10.1. The van der Waals surface area contributed by atoms with Crippen LogP contribution in [0.4, 0.5) is 5.69 Å². The van der Waals surface area contributed by atoms with Gasteiger partial charge in [0.05, 0.1) is 6.33 Å². The number of nitrogens with zero attached hydrogens (tertiary/aromatic N) is 2. The SMILES string of the molecule is CC(=O)Nc1ccc(CSC(CCc2ccc(Cl)cc2Cl)Cn2ccnc2)cc1. The molecule has 0 fully saturated rings. The molecule has 0 aliphatic rings. The summed E-state index contributed by atoms with van der Waals surface area (Å²) in [5.74, 6) is 0.835. The van der Waals surface area contributed by atoms with Gasteiger partial charge in [0, 0.05) is 52.6 Å². The molecule has 0 saturated carbocycles. The number of thioether (sulfide) groups is 1. The van der Waals surface area contributed by atoms with Gasteiger partial charge < -0.3 is 9.88 Å². The maximum atomic E-state index is 11.2. The molecule has 0 spiro atoms. The second kappa shape index (κ2) is 10.7. The number of carbonyl (C=O) groups excluding carboxylic acids is 1. The van der Waals surface area contributed by atoms with E-state index in [1.54, 1.807) is 12.3 Å². The maximum Gasteiger partial charge on any atom is 0.221 e. The third kappa shape index (κ3) is 7.11. The van der Waals surface area contributed by atoms with Gasteiger partial charge in [0.15, 0.2) is 0 Å². The average Bonchev–Trinajstić information content (AvgIpc) is 3.19. The highest BCUT2D eigenvalue weighted by Crippen LogP contribution is 2.27. The molecular formula is C22H23Cl2N3OS. The number of benzene rings is 2. The average molecular weight is 448 g/mol.